The molecule has 0 fully saturated rings. The molecule has 2 heterocycles. The monoisotopic (exact) mass is 376 g/mol. The summed E-state index contributed by atoms with van der Waals surface area (Å²) in [7, 11) is 1.80. The zero-order chi connectivity index (χ0) is 19.0. The quantitative estimate of drug-likeness (QED) is 0.527. The number of para-hydroxylation sites is 1. The molecule has 27 heavy (non-hydrogen) atoms. The molecule has 0 N–H and O–H groups in total. The lowest BCUT2D eigenvalue weighted by molar-refractivity contribution is 0.0975. The van der Waals surface area contributed by atoms with Gasteiger partial charge >= 0.3 is 0 Å². The van der Waals surface area contributed by atoms with Gasteiger partial charge in [0.15, 0.2) is 5.13 Å². The van der Waals surface area contributed by atoms with Crippen LogP contribution in [0.25, 0.3) is 10.2 Å². The third-order valence-electron chi connectivity index (χ3n) is 4.59. The number of carbonyl (C=O) groups is 1. The molecule has 0 aliphatic heterocycles. The molecule has 0 unspecified atom stereocenters. The van der Waals surface area contributed by atoms with Crippen molar-refractivity contribution in [1.82, 2.24) is 14.8 Å². The maximum Gasteiger partial charge on any atom is 0.278 e. The Hall–Kier alpha value is -2.99. The molecule has 4 rings (SSSR count). The van der Waals surface area contributed by atoms with Crippen LogP contribution in [0, 0.1) is 13.8 Å². The van der Waals surface area contributed by atoms with Gasteiger partial charge in [-0.3, -0.25) is 14.4 Å². The van der Waals surface area contributed by atoms with Crippen molar-refractivity contribution in [3.05, 3.63) is 77.1 Å². The summed E-state index contributed by atoms with van der Waals surface area (Å²) in [6, 6.07) is 16.1. The van der Waals surface area contributed by atoms with Gasteiger partial charge in [-0.25, -0.2) is 4.98 Å². The van der Waals surface area contributed by atoms with E-state index in [0.717, 1.165) is 26.9 Å². The zero-order valence-corrected chi connectivity index (χ0v) is 16.3. The molecule has 1 amide bonds. The van der Waals surface area contributed by atoms with E-state index in [9.17, 15) is 4.79 Å². The van der Waals surface area contributed by atoms with Crippen LogP contribution in [0.1, 0.15) is 27.2 Å². The average Bonchev–Trinajstić information content (AvgIpc) is 3.24. The van der Waals surface area contributed by atoms with Crippen LogP contribution in [0.2, 0.25) is 0 Å². The summed E-state index contributed by atoms with van der Waals surface area (Å²) in [5.74, 6) is -0.0898. The number of benzene rings is 2. The van der Waals surface area contributed by atoms with Gasteiger partial charge in [0.25, 0.3) is 5.91 Å². The number of fused-ring (bicyclic) bond motifs is 1. The van der Waals surface area contributed by atoms with E-state index in [1.54, 1.807) is 34.2 Å². The molecular weight excluding hydrogens is 356 g/mol. The standard InChI is InChI=1S/C21H20N4OS/c1-14-8-7-11-17-18(14)23-21(27-17)25(13-16-9-5-4-6-10-16)20(26)19-15(2)12-22-24(19)3/h4-12H,13H2,1-3H3. The first-order valence-electron chi connectivity index (χ1n) is 8.75. The molecule has 2 aromatic carbocycles. The minimum absolute atomic E-state index is 0.0898. The molecule has 0 saturated heterocycles. The third kappa shape index (κ3) is 3.24. The molecule has 0 atom stereocenters. The third-order valence-corrected chi connectivity index (χ3v) is 5.64. The van der Waals surface area contributed by atoms with Crippen molar-refractivity contribution in [1.29, 1.82) is 0 Å². The van der Waals surface area contributed by atoms with Gasteiger partial charge in [0.2, 0.25) is 0 Å². The summed E-state index contributed by atoms with van der Waals surface area (Å²) in [5.41, 5.74) is 4.56. The Morgan fingerprint density at radius 1 is 1.07 bits per heavy atom. The molecular formula is C21H20N4OS. The fourth-order valence-electron chi connectivity index (χ4n) is 3.16. The fraction of sp³-hybridized carbons (Fsp3) is 0.190. The summed E-state index contributed by atoms with van der Waals surface area (Å²) in [4.78, 5) is 20.0. The second-order valence-corrected chi connectivity index (χ2v) is 7.60. The lowest BCUT2D eigenvalue weighted by atomic mass is 10.2. The minimum Gasteiger partial charge on any atom is -0.278 e. The van der Waals surface area contributed by atoms with Crippen molar-refractivity contribution >= 4 is 32.6 Å². The maximum atomic E-state index is 13.4. The zero-order valence-electron chi connectivity index (χ0n) is 15.5. The normalized spacial score (nSPS) is 11.1. The van der Waals surface area contributed by atoms with Crippen molar-refractivity contribution in [2.45, 2.75) is 20.4 Å². The van der Waals surface area contributed by atoms with Crippen molar-refractivity contribution in [2.24, 2.45) is 7.05 Å². The van der Waals surface area contributed by atoms with Crippen LogP contribution in [-0.4, -0.2) is 20.7 Å². The number of nitrogens with zero attached hydrogens (tertiary/aromatic N) is 4. The maximum absolute atomic E-state index is 13.4. The topological polar surface area (TPSA) is 51.0 Å². The lowest BCUT2D eigenvalue weighted by Crippen LogP contribution is -2.32. The molecule has 0 saturated carbocycles. The number of amides is 1. The molecule has 0 aliphatic rings. The lowest BCUT2D eigenvalue weighted by Gasteiger charge is -2.20. The van der Waals surface area contributed by atoms with E-state index in [1.165, 1.54) is 0 Å². The second kappa shape index (κ2) is 6.96. The summed E-state index contributed by atoms with van der Waals surface area (Å²) < 4.78 is 2.71. The average molecular weight is 376 g/mol. The SMILES string of the molecule is Cc1cnn(C)c1C(=O)N(Cc1ccccc1)c1nc2c(C)cccc2s1. The molecule has 0 radical (unpaired) electrons. The number of thiazole rings is 1. The number of hydrogen-bond donors (Lipinski definition) is 0. The first-order chi connectivity index (χ1) is 13.0. The van der Waals surface area contributed by atoms with Crippen LogP contribution in [0.15, 0.2) is 54.7 Å². The van der Waals surface area contributed by atoms with Crippen LogP contribution < -0.4 is 4.90 Å². The Morgan fingerprint density at radius 2 is 1.85 bits per heavy atom. The number of rotatable bonds is 4. The van der Waals surface area contributed by atoms with Gasteiger partial charge in [-0.05, 0) is 36.6 Å². The Balaban J connectivity index is 1.82. The minimum atomic E-state index is -0.0898. The van der Waals surface area contributed by atoms with E-state index >= 15 is 0 Å². The van der Waals surface area contributed by atoms with Gasteiger partial charge < -0.3 is 0 Å². The van der Waals surface area contributed by atoms with Gasteiger partial charge in [-0.1, -0.05) is 53.8 Å². The van der Waals surface area contributed by atoms with Crippen LogP contribution >= 0.6 is 11.3 Å². The van der Waals surface area contributed by atoms with Gasteiger partial charge in [0.1, 0.15) is 5.69 Å². The highest BCUT2D eigenvalue weighted by molar-refractivity contribution is 7.22. The smallest absolute Gasteiger partial charge is 0.278 e. The highest BCUT2D eigenvalue weighted by Gasteiger charge is 2.25. The molecule has 0 spiro atoms. The van der Waals surface area contributed by atoms with Gasteiger partial charge in [-0.2, -0.15) is 5.10 Å². The molecule has 5 nitrogen and oxygen atoms in total. The predicted molar refractivity (Wildman–Crippen MR) is 109 cm³/mol. The van der Waals surface area contributed by atoms with E-state index in [4.69, 9.17) is 4.98 Å². The fourth-order valence-corrected chi connectivity index (χ4v) is 4.21. The molecule has 136 valence electrons. The molecule has 2 aromatic heterocycles. The number of hydrogen-bond acceptors (Lipinski definition) is 4. The number of aryl methyl sites for hydroxylation is 3. The van der Waals surface area contributed by atoms with E-state index in [-0.39, 0.29) is 5.91 Å². The molecule has 0 aliphatic carbocycles. The van der Waals surface area contributed by atoms with Crippen LogP contribution in [-0.2, 0) is 13.6 Å². The highest BCUT2D eigenvalue weighted by atomic mass is 32.1. The first-order valence-corrected chi connectivity index (χ1v) is 9.57. The number of aromatic nitrogens is 3. The second-order valence-electron chi connectivity index (χ2n) is 6.59. The van der Waals surface area contributed by atoms with E-state index in [2.05, 4.69) is 5.10 Å². The van der Waals surface area contributed by atoms with Crippen LogP contribution in [0.5, 0.6) is 0 Å². The Kier molecular flexibility index (Phi) is 4.49. The van der Waals surface area contributed by atoms with Crippen LogP contribution in [0.3, 0.4) is 0 Å². The van der Waals surface area contributed by atoms with Gasteiger partial charge in [0, 0.05) is 7.05 Å². The molecule has 6 heteroatoms. The number of carbonyl (C=O) groups excluding carboxylic acids is 1. The van der Waals surface area contributed by atoms with Gasteiger partial charge in [0.05, 0.1) is 23.0 Å². The van der Waals surface area contributed by atoms with Crippen molar-refractivity contribution < 1.29 is 4.79 Å². The summed E-state index contributed by atoms with van der Waals surface area (Å²) >= 11 is 1.54. The molecule has 4 aromatic rings. The first kappa shape index (κ1) is 17.4. The molecule has 0 bridgehead atoms. The largest absolute Gasteiger partial charge is 0.278 e. The Bertz CT molecular complexity index is 1090. The van der Waals surface area contributed by atoms with E-state index < -0.39 is 0 Å². The summed E-state index contributed by atoms with van der Waals surface area (Å²) in [6.07, 6.45) is 1.72. The van der Waals surface area contributed by atoms with Crippen molar-refractivity contribution in [3.63, 3.8) is 0 Å². The Labute approximate surface area is 161 Å². The van der Waals surface area contributed by atoms with Crippen molar-refractivity contribution in [3.8, 4) is 0 Å². The van der Waals surface area contributed by atoms with E-state index in [0.29, 0.717) is 17.4 Å². The predicted octanol–water partition coefficient (Wildman–Crippen LogP) is 4.49. The highest BCUT2D eigenvalue weighted by Crippen LogP contribution is 2.32. The number of anilines is 1. The Morgan fingerprint density at radius 3 is 2.52 bits per heavy atom. The summed E-state index contributed by atoms with van der Waals surface area (Å²) in [5, 5.41) is 4.93. The summed E-state index contributed by atoms with van der Waals surface area (Å²) in [6.45, 7) is 4.41. The van der Waals surface area contributed by atoms with Gasteiger partial charge in [-0.15, -0.1) is 0 Å². The van der Waals surface area contributed by atoms with Crippen molar-refractivity contribution in [2.75, 3.05) is 4.90 Å². The van der Waals surface area contributed by atoms with E-state index in [1.807, 2.05) is 62.4 Å². The van der Waals surface area contributed by atoms with Crippen LogP contribution in [0.4, 0.5) is 5.13 Å².